The van der Waals surface area contributed by atoms with E-state index < -0.39 is 0 Å². The smallest absolute Gasteiger partial charge is 0.224 e. The van der Waals surface area contributed by atoms with Gasteiger partial charge in [-0.1, -0.05) is 34.1 Å². The zero-order valence-electron chi connectivity index (χ0n) is 12.2. The van der Waals surface area contributed by atoms with Crippen LogP contribution in [0.2, 0.25) is 0 Å². The Bertz CT molecular complexity index is 640. The molecule has 0 unspecified atom stereocenters. The van der Waals surface area contributed by atoms with Crippen molar-refractivity contribution in [2.45, 2.75) is 19.8 Å². The fraction of sp³-hybridized carbons (Fsp3) is 0.235. The number of aryl methyl sites for hydroxylation is 2. The Morgan fingerprint density at radius 1 is 1.24 bits per heavy atom. The molecule has 110 valence electrons. The monoisotopic (exact) mass is 347 g/mol. The van der Waals surface area contributed by atoms with E-state index in [4.69, 9.17) is 4.74 Å². The Balaban J connectivity index is 1.97. The van der Waals surface area contributed by atoms with Crippen LogP contribution in [0.4, 0.5) is 5.69 Å². The van der Waals surface area contributed by atoms with Crippen molar-refractivity contribution in [1.29, 1.82) is 0 Å². The largest absolute Gasteiger partial charge is 0.495 e. The molecule has 0 atom stereocenters. The first-order valence-corrected chi connectivity index (χ1v) is 7.56. The number of benzene rings is 2. The minimum atomic E-state index is -0.0149. The second-order valence-electron chi connectivity index (χ2n) is 4.88. The third kappa shape index (κ3) is 4.60. The van der Waals surface area contributed by atoms with E-state index in [0.717, 1.165) is 21.3 Å². The standard InChI is InChI=1S/C17H18BrNO2/c1-12-6-8-16(21-2)15(10-12)19-17(20)9-7-13-4-3-5-14(18)11-13/h3-6,8,10-11H,7,9H2,1-2H3,(H,19,20). The number of hydrogen-bond acceptors (Lipinski definition) is 2. The highest BCUT2D eigenvalue weighted by atomic mass is 79.9. The molecule has 0 aliphatic heterocycles. The van der Waals surface area contributed by atoms with E-state index in [1.807, 2.05) is 49.4 Å². The average molecular weight is 348 g/mol. The van der Waals surface area contributed by atoms with Gasteiger partial charge in [-0.25, -0.2) is 0 Å². The zero-order valence-corrected chi connectivity index (χ0v) is 13.7. The van der Waals surface area contributed by atoms with Crippen LogP contribution in [-0.2, 0) is 11.2 Å². The lowest BCUT2D eigenvalue weighted by Crippen LogP contribution is -2.13. The van der Waals surface area contributed by atoms with Crippen LogP contribution in [0.3, 0.4) is 0 Å². The van der Waals surface area contributed by atoms with Gasteiger partial charge in [-0.15, -0.1) is 0 Å². The van der Waals surface area contributed by atoms with Crippen LogP contribution in [0.1, 0.15) is 17.5 Å². The summed E-state index contributed by atoms with van der Waals surface area (Å²) in [5.41, 5.74) is 2.94. The van der Waals surface area contributed by atoms with Crippen molar-refractivity contribution in [2.24, 2.45) is 0 Å². The molecule has 0 spiro atoms. The molecule has 0 bridgehead atoms. The third-order valence-electron chi connectivity index (χ3n) is 3.16. The van der Waals surface area contributed by atoms with Crippen LogP contribution in [0.5, 0.6) is 5.75 Å². The summed E-state index contributed by atoms with van der Waals surface area (Å²) in [5.74, 6) is 0.662. The first-order chi connectivity index (χ1) is 10.1. The van der Waals surface area contributed by atoms with E-state index in [2.05, 4.69) is 21.2 Å². The van der Waals surface area contributed by atoms with E-state index in [0.29, 0.717) is 18.6 Å². The zero-order chi connectivity index (χ0) is 15.2. The van der Waals surface area contributed by atoms with Crippen molar-refractivity contribution in [2.75, 3.05) is 12.4 Å². The number of amides is 1. The second-order valence-corrected chi connectivity index (χ2v) is 5.80. The highest BCUT2D eigenvalue weighted by Gasteiger charge is 2.08. The first-order valence-electron chi connectivity index (χ1n) is 6.77. The maximum absolute atomic E-state index is 12.1. The lowest BCUT2D eigenvalue weighted by atomic mass is 10.1. The first kappa shape index (κ1) is 15.6. The number of nitrogens with one attached hydrogen (secondary N) is 1. The normalized spacial score (nSPS) is 10.2. The van der Waals surface area contributed by atoms with Gasteiger partial charge in [-0.2, -0.15) is 0 Å². The van der Waals surface area contributed by atoms with Gasteiger partial charge in [-0.05, 0) is 48.7 Å². The molecule has 3 nitrogen and oxygen atoms in total. The molecule has 0 fully saturated rings. The summed E-state index contributed by atoms with van der Waals surface area (Å²) in [7, 11) is 1.60. The van der Waals surface area contributed by atoms with Crippen LogP contribution in [0.15, 0.2) is 46.9 Å². The molecule has 0 saturated heterocycles. The van der Waals surface area contributed by atoms with Crippen LogP contribution in [0.25, 0.3) is 0 Å². The number of anilines is 1. The lowest BCUT2D eigenvalue weighted by molar-refractivity contribution is -0.116. The molecule has 4 heteroatoms. The summed E-state index contributed by atoms with van der Waals surface area (Å²) in [6.07, 6.45) is 1.15. The predicted molar refractivity (Wildman–Crippen MR) is 88.8 cm³/mol. The molecule has 0 heterocycles. The minimum Gasteiger partial charge on any atom is -0.495 e. The molecule has 0 saturated carbocycles. The van der Waals surface area contributed by atoms with Crippen LogP contribution < -0.4 is 10.1 Å². The Morgan fingerprint density at radius 2 is 2.05 bits per heavy atom. The van der Waals surface area contributed by atoms with Crippen molar-refractivity contribution in [3.05, 3.63) is 58.1 Å². The van der Waals surface area contributed by atoms with Gasteiger partial charge in [0.2, 0.25) is 5.91 Å². The van der Waals surface area contributed by atoms with Crippen molar-refractivity contribution < 1.29 is 9.53 Å². The van der Waals surface area contributed by atoms with Crippen molar-refractivity contribution >= 4 is 27.5 Å². The number of methoxy groups -OCH3 is 1. The molecular weight excluding hydrogens is 330 g/mol. The number of carbonyl (C=O) groups is 1. The van der Waals surface area contributed by atoms with Crippen LogP contribution >= 0.6 is 15.9 Å². The summed E-state index contributed by atoms with van der Waals surface area (Å²) in [6, 6.07) is 13.7. The van der Waals surface area contributed by atoms with E-state index in [1.54, 1.807) is 7.11 Å². The number of hydrogen-bond donors (Lipinski definition) is 1. The van der Waals surface area contributed by atoms with Crippen molar-refractivity contribution in [3.63, 3.8) is 0 Å². The van der Waals surface area contributed by atoms with Gasteiger partial charge in [0.05, 0.1) is 12.8 Å². The lowest BCUT2D eigenvalue weighted by Gasteiger charge is -2.11. The summed E-state index contributed by atoms with van der Waals surface area (Å²) in [5, 5.41) is 2.91. The second kappa shape index (κ2) is 7.27. The van der Waals surface area contributed by atoms with Gasteiger partial charge in [0, 0.05) is 10.9 Å². The SMILES string of the molecule is COc1ccc(C)cc1NC(=O)CCc1cccc(Br)c1. The number of carbonyl (C=O) groups excluding carboxylic acids is 1. The minimum absolute atomic E-state index is 0.0149. The number of halogens is 1. The molecule has 0 radical (unpaired) electrons. The van der Waals surface area contributed by atoms with E-state index >= 15 is 0 Å². The fourth-order valence-corrected chi connectivity index (χ4v) is 2.53. The van der Waals surface area contributed by atoms with Gasteiger partial charge >= 0.3 is 0 Å². The fourth-order valence-electron chi connectivity index (χ4n) is 2.08. The molecule has 0 aliphatic carbocycles. The van der Waals surface area contributed by atoms with E-state index in [-0.39, 0.29) is 5.91 Å². The van der Waals surface area contributed by atoms with Crippen molar-refractivity contribution in [3.8, 4) is 5.75 Å². The Morgan fingerprint density at radius 3 is 2.76 bits per heavy atom. The topological polar surface area (TPSA) is 38.3 Å². The van der Waals surface area contributed by atoms with Gasteiger partial charge in [0.1, 0.15) is 5.75 Å². The van der Waals surface area contributed by atoms with Crippen LogP contribution in [0, 0.1) is 6.92 Å². The summed E-state index contributed by atoms with van der Waals surface area (Å²) in [4.78, 5) is 12.1. The average Bonchev–Trinajstić information content (AvgIpc) is 2.45. The molecule has 0 aromatic heterocycles. The van der Waals surface area contributed by atoms with Gasteiger partial charge in [-0.3, -0.25) is 4.79 Å². The maximum atomic E-state index is 12.1. The number of ether oxygens (including phenoxy) is 1. The predicted octanol–water partition coefficient (Wildman–Crippen LogP) is 4.34. The van der Waals surface area contributed by atoms with E-state index in [1.165, 1.54) is 0 Å². The Hall–Kier alpha value is -1.81. The molecule has 2 aromatic rings. The highest BCUT2D eigenvalue weighted by Crippen LogP contribution is 2.25. The van der Waals surface area contributed by atoms with Gasteiger partial charge in [0.15, 0.2) is 0 Å². The molecule has 0 aliphatic rings. The summed E-state index contributed by atoms with van der Waals surface area (Å²) >= 11 is 3.43. The number of rotatable bonds is 5. The molecule has 1 N–H and O–H groups in total. The van der Waals surface area contributed by atoms with Gasteiger partial charge < -0.3 is 10.1 Å². The molecule has 2 rings (SSSR count). The molecular formula is C17H18BrNO2. The molecule has 2 aromatic carbocycles. The highest BCUT2D eigenvalue weighted by molar-refractivity contribution is 9.10. The Labute approximate surface area is 133 Å². The Kier molecular flexibility index (Phi) is 5.39. The van der Waals surface area contributed by atoms with Gasteiger partial charge in [0.25, 0.3) is 0 Å². The molecule has 1 amide bonds. The third-order valence-corrected chi connectivity index (χ3v) is 3.65. The van der Waals surface area contributed by atoms with E-state index in [9.17, 15) is 4.79 Å². The quantitative estimate of drug-likeness (QED) is 0.873. The van der Waals surface area contributed by atoms with Crippen molar-refractivity contribution in [1.82, 2.24) is 0 Å². The maximum Gasteiger partial charge on any atom is 0.224 e. The summed E-state index contributed by atoms with van der Waals surface area (Å²) in [6.45, 7) is 1.98. The van der Waals surface area contributed by atoms with Crippen LogP contribution in [-0.4, -0.2) is 13.0 Å². The molecule has 21 heavy (non-hydrogen) atoms. The summed E-state index contributed by atoms with van der Waals surface area (Å²) < 4.78 is 6.29.